The van der Waals surface area contributed by atoms with E-state index in [1.165, 1.54) is 23.8 Å². The molecule has 2 rings (SSSR count). The SMILES string of the molecule is Cc1ccc(CN(C)C(=O)c2ccc(O)c(O)c2)cc1. The number of benzene rings is 2. The van der Waals surface area contributed by atoms with Crippen LogP contribution in [0.15, 0.2) is 42.5 Å². The maximum atomic E-state index is 12.2. The number of nitrogens with zero attached hydrogens (tertiary/aromatic N) is 1. The lowest BCUT2D eigenvalue weighted by molar-refractivity contribution is 0.0784. The van der Waals surface area contributed by atoms with Crippen LogP contribution in [0.3, 0.4) is 0 Å². The Hall–Kier alpha value is -2.49. The maximum absolute atomic E-state index is 12.2. The molecular weight excluding hydrogens is 254 g/mol. The molecule has 0 radical (unpaired) electrons. The fourth-order valence-corrected chi connectivity index (χ4v) is 1.92. The summed E-state index contributed by atoms with van der Waals surface area (Å²) in [6.45, 7) is 2.50. The third kappa shape index (κ3) is 3.09. The van der Waals surface area contributed by atoms with Gasteiger partial charge in [-0.2, -0.15) is 0 Å². The van der Waals surface area contributed by atoms with E-state index in [9.17, 15) is 15.0 Å². The number of hydrogen-bond donors (Lipinski definition) is 2. The molecule has 0 unspecified atom stereocenters. The Balaban J connectivity index is 2.11. The highest BCUT2D eigenvalue weighted by Crippen LogP contribution is 2.25. The van der Waals surface area contributed by atoms with E-state index in [-0.39, 0.29) is 17.4 Å². The molecule has 2 aromatic carbocycles. The Morgan fingerprint density at radius 2 is 1.70 bits per heavy atom. The lowest BCUT2D eigenvalue weighted by Gasteiger charge is -2.17. The third-order valence-electron chi connectivity index (χ3n) is 3.11. The summed E-state index contributed by atoms with van der Waals surface area (Å²) in [6.07, 6.45) is 0. The van der Waals surface area contributed by atoms with Gasteiger partial charge in [-0.05, 0) is 30.7 Å². The molecule has 104 valence electrons. The van der Waals surface area contributed by atoms with Crippen LogP contribution >= 0.6 is 0 Å². The zero-order chi connectivity index (χ0) is 14.7. The number of phenolic OH excluding ortho intramolecular Hbond substituents is 2. The minimum atomic E-state index is -0.292. The molecule has 0 aliphatic carbocycles. The van der Waals surface area contributed by atoms with E-state index in [2.05, 4.69) is 0 Å². The predicted octanol–water partition coefficient (Wildman–Crippen LogP) is 2.68. The molecule has 0 saturated heterocycles. The van der Waals surface area contributed by atoms with Gasteiger partial charge in [0, 0.05) is 19.2 Å². The molecule has 0 atom stereocenters. The van der Waals surface area contributed by atoms with Crippen LogP contribution in [0.1, 0.15) is 21.5 Å². The summed E-state index contributed by atoms with van der Waals surface area (Å²) in [4.78, 5) is 13.8. The molecule has 0 aliphatic heterocycles. The summed E-state index contributed by atoms with van der Waals surface area (Å²) in [7, 11) is 1.70. The first-order chi connectivity index (χ1) is 9.47. The molecule has 20 heavy (non-hydrogen) atoms. The molecule has 0 heterocycles. The second-order valence-electron chi connectivity index (χ2n) is 4.85. The van der Waals surface area contributed by atoms with Crippen LogP contribution in [0.5, 0.6) is 11.5 Å². The third-order valence-corrected chi connectivity index (χ3v) is 3.11. The van der Waals surface area contributed by atoms with Gasteiger partial charge in [-0.15, -0.1) is 0 Å². The van der Waals surface area contributed by atoms with E-state index in [1.807, 2.05) is 31.2 Å². The Kier molecular flexibility index (Phi) is 3.94. The minimum absolute atomic E-state index is 0.208. The molecular formula is C16H17NO3. The van der Waals surface area contributed by atoms with Gasteiger partial charge in [-0.25, -0.2) is 0 Å². The van der Waals surface area contributed by atoms with Crippen molar-refractivity contribution in [2.24, 2.45) is 0 Å². The number of phenols is 2. The number of carbonyl (C=O) groups is 1. The molecule has 0 saturated carbocycles. The molecule has 2 aromatic rings. The standard InChI is InChI=1S/C16H17NO3/c1-11-3-5-12(6-4-11)10-17(2)16(20)13-7-8-14(18)15(19)9-13/h3-9,18-19H,10H2,1-2H3. The number of carbonyl (C=O) groups excluding carboxylic acids is 1. The van der Waals surface area contributed by atoms with Gasteiger partial charge in [-0.1, -0.05) is 29.8 Å². The Morgan fingerprint density at radius 1 is 1.05 bits per heavy atom. The molecule has 0 spiro atoms. The zero-order valence-corrected chi connectivity index (χ0v) is 11.5. The highest BCUT2D eigenvalue weighted by molar-refractivity contribution is 5.94. The van der Waals surface area contributed by atoms with Gasteiger partial charge in [0.05, 0.1) is 0 Å². The fraction of sp³-hybridized carbons (Fsp3) is 0.188. The van der Waals surface area contributed by atoms with Gasteiger partial charge in [-0.3, -0.25) is 4.79 Å². The highest BCUT2D eigenvalue weighted by Gasteiger charge is 2.13. The van der Waals surface area contributed by atoms with Gasteiger partial charge < -0.3 is 15.1 Å². The van der Waals surface area contributed by atoms with E-state index in [4.69, 9.17) is 0 Å². The van der Waals surface area contributed by atoms with Gasteiger partial charge in [0.15, 0.2) is 11.5 Å². The van der Waals surface area contributed by atoms with Crippen LogP contribution in [0.2, 0.25) is 0 Å². The van der Waals surface area contributed by atoms with Crippen molar-refractivity contribution in [1.82, 2.24) is 4.90 Å². The van der Waals surface area contributed by atoms with Crippen LogP contribution in [-0.4, -0.2) is 28.1 Å². The van der Waals surface area contributed by atoms with Crippen molar-refractivity contribution >= 4 is 5.91 Å². The van der Waals surface area contributed by atoms with Gasteiger partial charge in [0.2, 0.25) is 0 Å². The van der Waals surface area contributed by atoms with E-state index in [1.54, 1.807) is 11.9 Å². The predicted molar refractivity (Wildman–Crippen MR) is 76.7 cm³/mol. The van der Waals surface area contributed by atoms with E-state index in [0.717, 1.165) is 5.56 Å². The van der Waals surface area contributed by atoms with Crippen molar-refractivity contribution in [3.8, 4) is 11.5 Å². The second kappa shape index (κ2) is 5.65. The molecule has 4 nitrogen and oxygen atoms in total. The Bertz CT molecular complexity index is 620. The van der Waals surface area contributed by atoms with Crippen molar-refractivity contribution in [2.75, 3.05) is 7.05 Å². The van der Waals surface area contributed by atoms with Gasteiger partial charge in [0.25, 0.3) is 5.91 Å². The van der Waals surface area contributed by atoms with Gasteiger partial charge in [0.1, 0.15) is 0 Å². The average molecular weight is 271 g/mol. The molecule has 0 aliphatic rings. The minimum Gasteiger partial charge on any atom is -0.504 e. The van der Waals surface area contributed by atoms with Crippen LogP contribution in [0.4, 0.5) is 0 Å². The molecule has 0 aromatic heterocycles. The molecule has 2 N–H and O–H groups in total. The normalized spacial score (nSPS) is 10.3. The summed E-state index contributed by atoms with van der Waals surface area (Å²) in [5, 5.41) is 18.7. The smallest absolute Gasteiger partial charge is 0.254 e. The monoisotopic (exact) mass is 271 g/mol. The quantitative estimate of drug-likeness (QED) is 0.844. The summed E-state index contributed by atoms with van der Waals surface area (Å²) >= 11 is 0. The number of rotatable bonds is 3. The van der Waals surface area contributed by atoms with Crippen molar-refractivity contribution in [1.29, 1.82) is 0 Å². The first-order valence-corrected chi connectivity index (χ1v) is 6.30. The van der Waals surface area contributed by atoms with E-state index in [0.29, 0.717) is 12.1 Å². The molecule has 0 fully saturated rings. The first kappa shape index (κ1) is 13.9. The average Bonchev–Trinajstić information content (AvgIpc) is 2.43. The van der Waals surface area contributed by atoms with E-state index >= 15 is 0 Å². The first-order valence-electron chi connectivity index (χ1n) is 6.30. The van der Waals surface area contributed by atoms with Crippen LogP contribution < -0.4 is 0 Å². The second-order valence-corrected chi connectivity index (χ2v) is 4.85. The largest absolute Gasteiger partial charge is 0.504 e. The van der Waals surface area contributed by atoms with Crippen molar-refractivity contribution in [2.45, 2.75) is 13.5 Å². The van der Waals surface area contributed by atoms with Crippen molar-refractivity contribution < 1.29 is 15.0 Å². The number of aromatic hydroxyl groups is 2. The van der Waals surface area contributed by atoms with Crippen LogP contribution in [-0.2, 0) is 6.54 Å². The lowest BCUT2D eigenvalue weighted by atomic mass is 10.1. The van der Waals surface area contributed by atoms with Crippen LogP contribution in [0, 0.1) is 6.92 Å². The highest BCUT2D eigenvalue weighted by atomic mass is 16.3. The summed E-state index contributed by atoms with van der Waals surface area (Å²) in [5.41, 5.74) is 2.55. The van der Waals surface area contributed by atoms with Gasteiger partial charge >= 0.3 is 0 Å². The van der Waals surface area contributed by atoms with Crippen molar-refractivity contribution in [3.05, 3.63) is 59.2 Å². The zero-order valence-electron chi connectivity index (χ0n) is 11.5. The summed E-state index contributed by atoms with van der Waals surface area (Å²) in [5.74, 6) is -0.733. The number of hydrogen-bond acceptors (Lipinski definition) is 3. The Morgan fingerprint density at radius 3 is 2.30 bits per heavy atom. The summed E-state index contributed by atoms with van der Waals surface area (Å²) < 4.78 is 0. The topological polar surface area (TPSA) is 60.8 Å². The molecule has 0 bridgehead atoms. The molecule has 1 amide bonds. The van der Waals surface area contributed by atoms with Crippen molar-refractivity contribution in [3.63, 3.8) is 0 Å². The Labute approximate surface area is 117 Å². The fourth-order valence-electron chi connectivity index (χ4n) is 1.92. The summed E-state index contributed by atoms with van der Waals surface area (Å²) in [6, 6.07) is 12.0. The van der Waals surface area contributed by atoms with Crippen LogP contribution in [0.25, 0.3) is 0 Å². The lowest BCUT2D eigenvalue weighted by Crippen LogP contribution is -2.26. The number of amides is 1. The van der Waals surface area contributed by atoms with E-state index < -0.39 is 0 Å². The molecule has 4 heteroatoms. The maximum Gasteiger partial charge on any atom is 0.254 e. The number of aryl methyl sites for hydroxylation is 1.